The normalized spacial score (nSPS) is 17.1. The van der Waals surface area contributed by atoms with Crippen LogP contribution in [-0.2, 0) is 6.42 Å². The van der Waals surface area contributed by atoms with Gasteiger partial charge in [-0.3, -0.25) is 4.79 Å². The Morgan fingerprint density at radius 1 is 1.20 bits per heavy atom. The van der Waals surface area contributed by atoms with E-state index in [9.17, 15) is 4.79 Å². The summed E-state index contributed by atoms with van der Waals surface area (Å²) >= 11 is 3.17. The molecule has 1 aliphatic heterocycles. The van der Waals surface area contributed by atoms with Crippen LogP contribution in [0, 0.1) is 0 Å². The molecule has 3 heterocycles. The number of rotatable bonds is 5. The zero-order chi connectivity index (χ0) is 17.1. The Labute approximate surface area is 156 Å². The van der Waals surface area contributed by atoms with Gasteiger partial charge in [0.05, 0.1) is 11.1 Å². The van der Waals surface area contributed by atoms with E-state index < -0.39 is 0 Å². The van der Waals surface area contributed by atoms with Crippen molar-refractivity contribution >= 4 is 28.6 Å². The SMILES string of the molecule is O=C(c1cnc(-c2cccs2)s1)N1CCCC1CCc1ccccc1. The number of hydrogen-bond donors (Lipinski definition) is 0. The Morgan fingerprint density at radius 3 is 2.88 bits per heavy atom. The Morgan fingerprint density at radius 2 is 2.08 bits per heavy atom. The third-order valence-corrected chi connectivity index (χ3v) is 6.72. The van der Waals surface area contributed by atoms with Crippen molar-refractivity contribution in [3.63, 3.8) is 0 Å². The van der Waals surface area contributed by atoms with Crippen molar-refractivity contribution in [1.82, 2.24) is 9.88 Å². The molecule has 5 heteroatoms. The van der Waals surface area contributed by atoms with Crippen LogP contribution < -0.4 is 0 Å². The molecule has 1 aliphatic rings. The van der Waals surface area contributed by atoms with Gasteiger partial charge in [0.2, 0.25) is 0 Å². The molecule has 0 N–H and O–H groups in total. The maximum absolute atomic E-state index is 13.0. The molecule has 1 unspecified atom stereocenters. The zero-order valence-electron chi connectivity index (χ0n) is 13.9. The Bertz CT molecular complexity index is 827. The number of aryl methyl sites for hydroxylation is 1. The smallest absolute Gasteiger partial charge is 0.265 e. The number of carbonyl (C=O) groups is 1. The molecule has 1 aromatic carbocycles. The molecule has 0 aliphatic carbocycles. The molecule has 3 nitrogen and oxygen atoms in total. The summed E-state index contributed by atoms with van der Waals surface area (Å²) in [5.74, 6) is 0.149. The Balaban J connectivity index is 1.44. The molecule has 1 atom stereocenters. The standard InChI is InChI=1S/C20H20N2OS2/c23-20(18-14-21-19(25-18)17-9-5-13-24-17)22-12-4-8-16(22)11-10-15-6-2-1-3-7-15/h1-3,5-7,9,13-14,16H,4,8,10-12H2. The largest absolute Gasteiger partial charge is 0.335 e. The Hall–Kier alpha value is -1.98. The van der Waals surface area contributed by atoms with E-state index in [0.29, 0.717) is 6.04 Å². The minimum absolute atomic E-state index is 0.149. The van der Waals surface area contributed by atoms with Crippen molar-refractivity contribution in [2.24, 2.45) is 0 Å². The van der Waals surface area contributed by atoms with Crippen molar-refractivity contribution in [3.05, 3.63) is 64.5 Å². The van der Waals surface area contributed by atoms with Crippen molar-refractivity contribution in [2.75, 3.05) is 6.54 Å². The van der Waals surface area contributed by atoms with Crippen LogP contribution in [-0.4, -0.2) is 28.4 Å². The van der Waals surface area contributed by atoms with Crippen LogP contribution in [0.3, 0.4) is 0 Å². The lowest BCUT2D eigenvalue weighted by molar-refractivity contribution is 0.0735. The van der Waals surface area contributed by atoms with Gasteiger partial charge < -0.3 is 4.90 Å². The number of thiophene rings is 1. The van der Waals surface area contributed by atoms with E-state index in [2.05, 4.69) is 40.2 Å². The molecule has 128 valence electrons. The summed E-state index contributed by atoms with van der Waals surface area (Å²) in [7, 11) is 0. The lowest BCUT2D eigenvalue weighted by atomic mass is 10.0. The second-order valence-electron chi connectivity index (χ2n) is 6.33. The van der Waals surface area contributed by atoms with Gasteiger partial charge in [0.25, 0.3) is 5.91 Å². The van der Waals surface area contributed by atoms with Gasteiger partial charge in [-0.25, -0.2) is 4.98 Å². The number of nitrogens with zero attached hydrogens (tertiary/aromatic N) is 2. The fourth-order valence-corrected chi connectivity index (χ4v) is 5.09. The number of carbonyl (C=O) groups excluding carboxylic acids is 1. The number of benzene rings is 1. The summed E-state index contributed by atoms with van der Waals surface area (Å²) in [6.07, 6.45) is 6.01. The molecule has 3 aromatic rings. The highest BCUT2D eigenvalue weighted by Crippen LogP contribution is 2.31. The van der Waals surface area contributed by atoms with Crippen molar-refractivity contribution < 1.29 is 4.79 Å². The molecule has 1 amide bonds. The molecule has 0 radical (unpaired) electrons. The van der Waals surface area contributed by atoms with Crippen LogP contribution in [0.25, 0.3) is 9.88 Å². The Kier molecular flexibility index (Phi) is 4.95. The summed E-state index contributed by atoms with van der Waals surface area (Å²) in [5.41, 5.74) is 1.35. The molecular formula is C20H20N2OS2. The van der Waals surface area contributed by atoms with Gasteiger partial charge in [-0.1, -0.05) is 36.4 Å². The molecule has 1 fully saturated rings. The monoisotopic (exact) mass is 368 g/mol. The van der Waals surface area contributed by atoms with Gasteiger partial charge in [0, 0.05) is 12.6 Å². The zero-order valence-corrected chi connectivity index (χ0v) is 15.6. The first-order valence-corrected chi connectivity index (χ1v) is 10.4. The van der Waals surface area contributed by atoms with Crippen LogP contribution in [0.2, 0.25) is 0 Å². The lowest BCUT2D eigenvalue weighted by Gasteiger charge is -2.24. The summed E-state index contributed by atoms with van der Waals surface area (Å²) in [6, 6.07) is 14.9. The van der Waals surface area contributed by atoms with Gasteiger partial charge in [-0.05, 0) is 42.7 Å². The van der Waals surface area contributed by atoms with Crippen LogP contribution in [0.1, 0.15) is 34.5 Å². The van der Waals surface area contributed by atoms with E-state index >= 15 is 0 Å². The second kappa shape index (κ2) is 7.50. The number of likely N-dealkylation sites (tertiary alicyclic amines) is 1. The fraction of sp³-hybridized carbons (Fsp3) is 0.300. The van der Waals surface area contributed by atoms with Gasteiger partial charge >= 0.3 is 0 Å². The van der Waals surface area contributed by atoms with E-state index in [1.807, 2.05) is 17.5 Å². The van der Waals surface area contributed by atoms with E-state index in [1.165, 1.54) is 16.9 Å². The molecule has 0 bridgehead atoms. The first kappa shape index (κ1) is 16.5. The maximum atomic E-state index is 13.0. The van der Waals surface area contributed by atoms with Crippen LogP contribution >= 0.6 is 22.7 Å². The van der Waals surface area contributed by atoms with Crippen molar-refractivity contribution in [2.45, 2.75) is 31.7 Å². The average Bonchev–Trinajstić information content (AvgIpc) is 3.41. The number of thiazole rings is 1. The first-order valence-electron chi connectivity index (χ1n) is 8.66. The van der Waals surface area contributed by atoms with E-state index in [4.69, 9.17) is 0 Å². The van der Waals surface area contributed by atoms with E-state index in [1.54, 1.807) is 17.5 Å². The van der Waals surface area contributed by atoms with Crippen LogP contribution in [0.15, 0.2) is 54.0 Å². The number of hydrogen-bond acceptors (Lipinski definition) is 4. The first-order chi connectivity index (χ1) is 12.3. The van der Waals surface area contributed by atoms with Gasteiger partial charge in [-0.15, -0.1) is 22.7 Å². The van der Waals surface area contributed by atoms with Gasteiger partial charge in [0.1, 0.15) is 9.88 Å². The van der Waals surface area contributed by atoms with Gasteiger partial charge in [-0.2, -0.15) is 0 Å². The van der Waals surface area contributed by atoms with Crippen molar-refractivity contribution in [1.29, 1.82) is 0 Å². The number of aromatic nitrogens is 1. The third-order valence-electron chi connectivity index (χ3n) is 4.70. The molecule has 1 saturated heterocycles. The summed E-state index contributed by atoms with van der Waals surface area (Å²) in [5, 5.41) is 2.98. The van der Waals surface area contributed by atoms with Gasteiger partial charge in [0.15, 0.2) is 0 Å². The number of amides is 1. The predicted molar refractivity (Wildman–Crippen MR) is 104 cm³/mol. The quantitative estimate of drug-likeness (QED) is 0.627. The minimum Gasteiger partial charge on any atom is -0.335 e. The topological polar surface area (TPSA) is 33.2 Å². The molecule has 25 heavy (non-hydrogen) atoms. The summed E-state index contributed by atoms with van der Waals surface area (Å²) < 4.78 is 0. The van der Waals surface area contributed by atoms with Crippen molar-refractivity contribution in [3.8, 4) is 9.88 Å². The minimum atomic E-state index is 0.149. The van der Waals surface area contributed by atoms with E-state index in [-0.39, 0.29) is 5.91 Å². The summed E-state index contributed by atoms with van der Waals surface area (Å²) in [6.45, 7) is 0.866. The molecule has 0 saturated carbocycles. The third kappa shape index (κ3) is 3.67. The van der Waals surface area contributed by atoms with Crippen LogP contribution in [0.5, 0.6) is 0 Å². The highest BCUT2D eigenvalue weighted by molar-refractivity contribution is 7.21. The highest BCUT2D eigenvalue weighted by Gasteiger charge is 2.30. The molecular weight excluding hydrogens is 348 g/mol. The summed E-state index contributed by atoms with van der Waals surface area (Å²) in [4.78, 5) is 21.4. The lowest BCUT2D eigenvalue weighted by Crippen LogP contribution is -2.35. The maximum Gasteiger partial charge on any atom is 0.265 e. The average molecular weight is 369 g/mol. The van der Waals surface area contributed by atoms with E-state index in [0.717, 1.165) is 47.0 Å². The second-order valence-corrected chi connectivity index (χ2v) is 8.30. The fourth-order valence-electron chi connectivity index (χ4n) is 3.41. The van der Waals surface area contributed by atoms with Crippen LogP contribution in [0.4, 0.5) is 0 Å². The highest BCUT2D eigenvalue weighted by atomic mass is 32.1. The molecule has 4 rings (SSSR count). The molecule has 2 aromatic heterocycles. The molecule has 0 spiro atoms. The predicted octanol–water partition coefficient (Wildman–Crippen LogP) is 5.11.